The molecule has 0 saturated carbocycles. The average Bonchev–Trinajstić information content (AvgIpc) is 2.68. The molecule has 0 unspecified atom stereocenters. The van der Waals surface area contributed by atoms with Crippen LogP contribution in [0.15, 0.2) is 48.5 Å². The minimum atomic E-state index is -0.262. The highest BCUT2D eigenvalue weighted by Gasteiger charge is 2.13. The second kappa shape index (κ2) is 11.0. The number of anilines is 2. The van der Waals surface area contributed by atoms with Crippen LogP contribution in [0.25, 0.3) is 0 Å². The molecule has 2 aromatic carbocycles. The van der Waals surface area contributed by atoms with Gasteiger partial charge < -0.3 is 16.0 Å². The Morgan fingerprint density at radius 2 is 1.59 bits per heavy atom. The Labute approximate surface area is 171 Å². The van der Waals surface area contributed by atoms with Gasteiger partial charge in [0.25, 0.3) is 5.91 Å². The van der Waals surface area contributed by atoms with Crippen molar-refractivity contribution in [2.75, 3.05) is 37.3 Å². The number of likely N-dealkylation sites (N-methyl/N-ethyl adjacent to an activating group) is 1. The van der Waals surface area contributed by atoms with Gasteiger partial charge in [0.05, 0.1) is 13.1 Å². The maximum atomic E-state index is 12.3. The molecular formula is C22H28N4O3. The normalized spacial score (nSPS) is 10.5. The van der Waals surface area contributed by atoms with E-state index < -0.39 is 0 Å². The monoisotopic (exact) mass is 396 g/mol. The molecule has 0 radical (unpaired) electrons. The van der Waals surface area contributed by atoms with Crippen molar-refractivity contribution in [2.45, 2.75) is 20.3 Å². The average molecular weight is 396 g/mol. The van der Waals surface area contributed by atoms with Crippen LogP contribution in [-0.4, -0.2) is 49.3 Å². The van der Waals surface area contributed by atoms with E-state index in [4.69, 9.17) is 0 Å². The maximum Gasteiger partial charge on any atom is 0.251 e. The molecule has 2 aromatic rings. The van der Waals surface area contributed by atoms with Gasteiger partial charge in [-0.15, -0.1) is 0 Å². The Hall–Kier alpha value is -3.19. The summed E-state index contributed by atoms with van der Waals surface area (Å²) < 4.78 is 0. The lowest BCUT2D eigenvalue weighted by Gasteiger charge is -2.17. The van der Waals surface area contributed by atoms with Gasteiger partial charge in [0.1, 0.15) is 0 Å². The van der Waals surface area contributed by atoms with Crippen molar-refractivity contribution in [3.05, 3.63) is 59.7 Å². The fourth-order valence-corrected chi connectivity index (χ4v) is 2.89. The van der Waals surface area contributed by atoms with Gasteiger partial charge in [-0.25, -0.2) is 0 Å². The van der Waals surface area contributed by atoms with Crippen LogP contribution in [0.1, 0.15) is 29.8 Å². The van der Waals surface area contributed by atoms with Crippen molar-refractivity contribution in [1.82, 2.24) is 10.2 Å². The lowest BCUT2D eigenvalue weighted by atomic mass is 10.1. The van der Waals surface area contributed by atoms with Crippen molar-refractivity contribution in [3.63, 3.8) is 0 Å². The van der Waals surface area contributed by atoms with Gasteiger partial charge in [-0.3, -0.25) is 19.3 Å². The summed E-state index contributed by atoms with van der Waals surface area (Å²) in [4.78, 5) is 38.1. The molecule has 0 atom stereocenters. The Kier molecular flexibility index (Phi) is 8.36. The molecule has 0 fully saturated rings. The largest absolute Gasteiger partial charge is 0.352 e. The number of hydrogen-bond acceptors (Lipinski definition) is 4. The highest BCUT2D eigenvalue weighted by molar-refractivity contribution is 5.98. The Bertz CT molecular complexity index is 867. The summed E-state index contributed by atoms with van der Waals surface area (Å²) in [5.74, 6) is -0.633. The van der Waals surface area contributed by atoms with E-state index in [-0.39, 0.29) is 30.8 Å². The molecule has 0 spiro atoms. The zero-order chi connectivity index (χ0) is 21.2. The van der Waals surface area contributed by atoms with Crippen LogP contribution in [0.3, 0.4) is 0 Å². The molecule has 7 heteroatoms. The smallest absolute Gasteiger partial charge is 0.251 e. The standard InChI is InChI=1S/C22H28N4O3/c1-4-16-9-6-7-12-19(16)25-21(28)15-26(3)14-20(27)24-18-11-8-10-17(13-18)22(29)23-5-2/h6-13H,4-5,14-15H2,1-3H3,(H,23,29)(H,24,27)(H,25,28). The first-order chi connectivity index (χ1) is 13.9. The summed E-state index contributed by atoms with van der Waals surface area (Å²) in [7, 11) is 1.70. The number of amides is 3. The maximum absolute atomic E-state index is 12.3. The van der Waals surface area contributed by atoms with E-state index in [1.54, 1.807) is 36.2 Å². The second-order valence-electron chi connectivity index (χ2n) is 6.72. The summed E-state index contributed by atoms with van der Waals surface area (Å²) in [5, 5.41) is 8.37. The van der Waals surface area contributed by atoms with Crippen molar-refractivity contribution in [3.8, 4) is 0 Å². The van der Waals surface area contributed by atoms with Gasteiger partial charge in [-0.2, -0.15) is 0 Å². The zero-order valence-electron chi connectivity index (χ0n) is 17.1. The first kappa shape index (κ1) is 22.1. The number of nitrogens with zero attached hydrogens (tertiary/aromatic N) is 1. The van der Waals surface area contributed by atoms with Crippen molar-refractivity contribution >= 4 is 29.1 Å². The van der Waals surface area contributed by atoms with Gasteiger partial charge in [0.2, 0.25) is 11.8 Å². The minimum absolute atomic E-state index is 0.0498. The van der Waals surface area contributed by atoms with E-state index in [0.29, 0.717) is 17.8 Å². The van der Waals surface area contributed by atoms with Crippen LogP contribution in [0.5, 0.6) is 0 Å². The molecule has 3 N–H and O–H groups in total. The molecule has 29 heavy (non-hydrogen) atoms. The van der Waals surface area contributed by atoms with Gasteiger partial charge >= 0.3 is 0 Å². The third kappa shape index (κ3) is 7.04. The van der Waals surface area contributed by atoms with Crippen LogP contribution < -0.4 is 16.0 Å². The lowest BCUT2D eigenvalue weighted by molar-refractivity contribution is -0.119. The summed E-state index contributed by atoms with van der Waals surface area (Å²) in [6.07, 6.45) is 0.823. The number of para-hydroxylation sites is 1. The predicted octanol–water partition coefficient (Wildman–Crippen LogP) is 2.51. The molecule has 0 aliphatic rings. The third-order valence-corrected chi connectivity index (χ3v) is 4.25. The van der Waals surface area contributed by atoms with Crippen LogP contribution >= 0.6 is 0 Å². The van der Waals surface area contributed by atoms with E-state index in [2.05, 4.69) is 16.0 Å². The number of rotatable bonds is 9. The number of hydrogen-bond donors (Lipinski definition) is 3. The molecule has 2 rings (SSSR count). The number of carbonyl (C=O) groups is 3. The molecule has 0 saturated heterocycles. The van der Waals surface area contributed by atoms with Gasteiger partial charge in [0, 0.05) is 23.5 Å². The number of aryl methyl sites for hydroxylation is 1. The highest BCUT2D eigenvalue weighted by atomic mass is 16.2. The molecule has 0 aromatic heterocycles. The molecule has 0 bridgehead atoms. The van der Waals surface area contributed by atoms with E-state index >= 15 is 0 Å². The third-order valence-electron chi connectivity index (χ3n) is 4.25. The molecule has 0 aliphatic heterocycles. The zero-order valence-corrected chi connectivity index (χ0v) is 17.1. The van der Waals surface area contributed by atoms with Crippen LogP contribution in [0.4, 0.5) is 11.4 Å². The number of nitrogens with one attached hydrogen (secondary N) is 3. The summed E-state index contributed by atoms with van der Waals surface area (Å²) in [6.45, 7) is 4.54. The van der Waals surface area contributed by atoms with Crippen LogP contribution in [-0.2, 0) is 16.0 Å². The Balaban J connectivity index is 1.86. The minimum Gasteiger partial charge on any atom is -0.352 e. The van der Waals surface area contributed by atoms with E-state index in [9.17, 15) is 14.4 Å². The first-order valence-corrected chi connectivity index (χ1v) is 9.67. The Morgan fingerprint density at radius 3 is 2.28 bits per heavy atom. The number of carbonyl (C=O) groups excluding carboxylic acids is 3. The number of benzene rings is 2. The second-order valence-corrected chi connectivity index (χ2v) is 6.72. The van der Waals surface area contributed by atoms with Gasteiger partial charge in [0.15, 0.2) is 0 Å². The fourth-order valence-electron chi connectivity index (χ4n) is 2.89. The molecule has 3 amide bonds. The topological polar surface area (TPSA) is 90.5 Å². The van der Waals surface area contributed by atoms with Gasteiger partial charge in [-0.1, -0.05) is 31.2 Å². The van der Waals surface area contributed by atoms with Crippen LogP contribution in [0.2, 0.25) is 0 Å². The van der Waals surface area contributed by atoms with E-state index in [0.717, 1.165) is 17.7 Å². The van der Waals surface area contributed by atoms with Crippen LogP contribution in [0, 0.1) is 0 Å². The molecular weight excluding hydrogens is 368 g/mol. The summed E-state index contributed by atoms with van der Waals surface area (Å²) in [6, 6.07) is 14.4. The van der Waals surface area contributed by atoms with Crippen molar-refractivity contribution in [1.29, 1.82) is 0 Å². The predicted molar refractivity (Wildman–Crippen MR) is 115 cm³/mol. The molecule has 154 valence electrons. The molecule has 0 heterocycles. The lowest BCUT2D eigenvalue weighted by Crippen LogP contribution is -2.36. The quantitative estimate of drug-likeness (QED) is 0.607. The van der Waals surface area contributed by atoms with Crippen molar-refractivity contribution in [2.24, 2.45) is 0 Å². The Morgan fingerprint density at radius 1 is 0.897 bits per heavy atom. The summed E-state index contributed by atoms with van der Waals surface area (Å²) >= 11 is 0. The first-order valence-electron chi connectivity index (χ1n) is 9.67. The molecule has 7 nitrogen and oxygen atoms in total. The fraction of sp³-hybridized carbons (Fsp3) is 0.318. The van der Waals surface area contributed by atoms with E-state index in [1.807, 2.05) is 38.1 Å². The molecule has 0 aliphatic carbocycles. The van der Waals surface area contributed by atoms with Crippen molar-refractivity contribution < 1.29 is 14.4 Å². The van der Waals surface area contributed by atoms with E-state index in [1.165, 1.54) is 0 Å². The SMILES string of the molecule is CCNC(=O)c1cccc(NC(=O)CN(C)CC(=O)Nc2ccccc2CC)c1. The van der Waals surface area contributed by atoms with Gasteiger partial charge in [-0.05, 0) is 50.2 Å². The highest BCUT2D eigenvalue weighted by Crippen LogP contribution is 2.15. The summed E-state index contributed by atoms with van der Waals surface area (Å²) in [5.41, 5.74) is 2.87.